The summed E-state index contributed by atoms with van der Waals surface area (Å²) in [5.41, 5.74) is 0.817. The Hall–Kier alpha value is -3.00. The van der Waals surface area contributed by atoms with Gasteiger partial charge in [0.15, 0.2) is 5.03 Å². The fourth-order valence-electron chi connectivity index (χ4n) is 6.11. The van der Waals surface area contributed by atoms with Gasteiger partial charge in [0.25, 0.3) is 15.9 Å². The Balaban J connectivity index is 1.63. The Bertz CT molecular complexity index is 1430. The predicted octanol–water partition coefficient (Wildman–Crippen LogP) is 4.06. The lowest BCUT2D eigenvalue weighted by molar-refractivity contribution is -0.120. The summed E-state index contributed by atoms with van der Waals surface area (Å²) in [5.74, 6) is -0.324. The number of anilines is 1. The Morgan fingerprint density at radius 2 is 1.87 bits per heavy atom. The second-order valence-electron chi connectivity index (χ2n) is 13.0. The van der Waals surface area contributed by atoms with Crippen molar-refractivity contribution < 1.29 is 32.6 Å². The first kappa shape index (κ1) is 35.8. The molecule has 13 heteroatoms. The molecule has 0 spiro atoms. The second-order valence-corrected chi connectivity index (χ2v) is 15.0. The van der Waals surface area contributed by atoms with Crippen LogP contribution < -0.4 is 10.1 Å². The number of aromatic nitrogens is 2. The lowest BCUT2D eigenvalue weighted by Crippen LogP contribution is -2.48. The fourth-order valence-corrected chi connectivity index (χ4v) is 7.25. The third-order valence-corrected chi connectivity index (χ3v) is 10.8. The van der Waals surface area contributed by atoms with Crippen molar-refractivity contribution in [3.05, 3.63) is 36.3 Å². The highest BCUT2D eigenvalue weighted by Gasteiger charge is 2.33. The molecule has 2 aromatic rings. The molecule has 4 atom stereocenters. The van der Waals surface area contributed by atoms with Crippen molar-refractivity contribution in [3.8, 4) is 5.75 Å². The maximum absolute atomic E-state index is 14.3. The molecule has 12 nitrogen and oxygen atoms in total. The van der Waals surface area contributed by atoms with Crippen molar-refractivity contribution in [1.82, 2.24) is 18.8 Å². The number of hydrogen-bond donors (Lipinski definition) is 2. The van der Waals surface area contributed by atoms with E-state index in [0.29, 0.717) is 23.6 Å². The molecule has 256 valence electrons. The van der Waals surface area contributed by atoms with E-state index in [4.69, 9.17) is 9.47 Å². The largest absolute Gasteiger partial charge is 0.490 e. The molecular formula is C33H51N5O7S. The van der Waals surface area contributed by atoms with Crippen LogP contribution in [-0.4, -0.2) is 95.7 Å². The lowest BCUT2D eigenvalue weighted by Gasteiger charge is -2.35. The molecule has 0 bridgehead atoms. The molecular weight excluding hydrogens is 610 g/mol. The van der Waals surface area contributed by atoms with Crippen LogP contribution in [0, 0.1) is 11.8 Å². The number of imidazole rings is 1. The number of hydrogen-bond acceptors (Lipinski definition) is 8. The van der Waals surface area contributed by atoms with Gasteiger partial charge in [-0.2, -0.15) is 4.31 Å². The Labute approximate surface area is 273 Å². The number of aliphatic hydroxyl groups excluding tert-OH is 1. The first-order valence-electron chi connectivity index (χ1n) is 16.5. The highest BCUT2D eigenvalue weighted by molar-refractivity contribution is 7.89. The molecule has 1 aliphatic heterocycles. The average Bonchev–Trinajstić information content (AvgIpc) is 3.49. The van der Waals surface area contributed by atoms with Gasteiger partial charge in [0.2, 0.25) is 5.91 Å². The molecule has 0 saturated heterocycles. The van der Waals surface area contributed by atoms with Gasteiger partial charge in [0.1, 0.15) is 5.75 Å². The number of nitrogens with zero attached hydrogens (tertiary/aromatic N) is 4. The standard InChI is InChI=1S/C33H51N5O7S/c1-23-18-38(24(2)21-39)33(41)28-17-27(35-32(40)26-12-7-6-8-13-26)14-15-29(28)45-25(3)11-9-10-16-44-30(23)19-37(5)46(42,43)31-20-36(4)22-34-31/h14-15,17,20,22-26,30,39H,6-13,16,18-19,21H2,1-5H3,(H,35,40)/t23-,24+,25-,30-/m0/s1. The number of ether oxygens (including phenoxy) is 2. The monoisotopic (exact) mass is 661 g/mol. The van der Waals surface area contributed by atoms with Crippen LogP contribution in [0.2, 0.25) is 0 Å². The number of benzene rings is 1. The first-order valence-corrected chi connectivity index (χ1v) is 17.9. The summed E-state index contributed by atoms with van der Waals surface area (Å²) in [6, 6.07) is 4.62. The van der Waals surface area contributed by atoms with Gasteiger partial charge in [-0.3, -0.25) is 9.59 Å². The number of sulfonamides is 1. The molecule has 2 amide bonds. The lowest BCUT2D eigenvalue weighted by atomic mass is 9.88. The van der Waals surface area contributed by atoms with E-state index in [1.807, 2.05) is 13.8 Å². The number of aliphatic hydroxyl groups is 1. The number of amides is 2. The van der Waals surface area contributed by atoms with Gasteiger partial charge in [-0.15, -0.1) is 0 Å². The number of fused-ring (bicyclic) bond motifs is 1. The van der Waals surface area contributed by atoms with Gasteiger partial charge in [0, 0.05) is 57.5 Å². The summed E-state index contributed by atoms with van der Waals surface area (Å²) < 4.78 is 42.0. The number of carbonyl (C=O) groups excluding carboxylic acids is 2. The predicted molar refractivity (Wildman–Crippen MR) is 175 cm³/mol. The molecule has 1 fully saturated rings. The third-order valence-electron chi connectivity index (χ3n) is 9.09. The molecule has 2 aliphatic rings. The maximum Gasteiger partial charge on any atom is 0.261 e. The molecule has 0 radical (unpaired) electrons. The maximum atomic E-state index is 14.3. The summed E-state index contributed by atoms with van der Waals surface area (Å²) >= 11 is 0. The smallest absolute Gasteiger partial charge is 0.261 e. The van der Waals surface area contributed by atoms with Crippen molar-refractivity contribution in [2.45, 2.75) is 95.4 Å². The highest BCUT2D eigenvalue weighted by Crippen LogP contribution is 2.30. The number of nitrogens with one attached hydrogen (secondary N) is 1. The number of rotatable bonds is 8. The van der Waals surface area contributed by atoms with E-state index in [1.165, 1.54) is 23.9 Å². The van der Waals surface area contributed by atoms with E-state index in [2.05, 4.69) is 10.3 Å². The zero-order chi connectivity index (χ0) is 33.4. The van der Waals surface area contributed by atoms with Crippen LogP contribution in [0.5, 0.6) is 5.75 Å². The second kappa shape index (κ2) is 16.2. The highest BCUT2D eigenvalue weighted by atomic mass is 32.2. The van der Waals surface area contributed by atoms with Crippen LogP contribution in [0.3, 0.4) is 0 Å². The van der Waals surface area contributed by atoms with E-state index in [1.54, 1.807) is 41.6 Å². The van der Waals surface area contributed by atoms with Crippen molar-refractivity contribution in [2.24, 2.45) is 18.9 Å². The van der Waals surface area contributed by atoms with Crippen LogP contribution in [-0.2, 0) is 26.6 Å². The zero-order valence-corrected chi connectivity index (χ0v) is 28.7. The molecule has 1 saturated carbocycles. The Kier molecular flexibility index (Phi) is 12.6. The first-order chi connectivity index (χ1) is 21.9. The minimum Gasteiger partial charge on any atom is -0.490 e. The van der Waals surface area contributed by atoms with Crippen LogP contribution in [0.25, 0.3) is 0 Å². The van der Waals surface area contributed by atoms with E-state index in [9.17, 15) is 23.1 Å². The van der Waals surface area contributed by atoms with Crippen molar-refractivity contribution in [1.29, 1.82) is 0 Å². The van der Waals surface area contributed by atoms with E-state index in [0.717, 1.165) is 51.4 Å². The topological polar surface area (TPSA) is 143 Å². The van der Waals surface area contributed by atoms with Gasteiger partial charge in [-0.05, 0) is 64.2 Å². The van der Waals surface area contributed by atoms with Gasteiger partial charge < -0.3 is 29.4 Å². The molecule has 1 aromatic heterocycles. The van der Waals surface area contributed by atoms with Crippen molar-refractivity contribution in [2.75, 3.05) is 38.7 Å². The minimum absolute atomic E-state index is 0.0405. The average molecular weight is 662 g/mol. The van der Waals surface area contributed by atoms with Gasteiger partial charge >= 0.3 is 0 Å². The summed E-state index contributed by atoms with van der Waals surface area (Å²) in [5, 5.41) is 13.2. The summed E-state index contributed by atoms with van der Waals surface area (Å²) in [6.45, 7) is 6.03. The molecule has 0 unspecified atom stereocenters. The Morgan fingerprint density at radius 3 is 2.54 bits per heavy atom. The van der Waals surface area contributed by atoms with Crippen molar-refractivity contribution in [3.63, 3.8) is 0 Å². The normalized spacial score (nSPS) is 23.3. The van der Waals surface area contributed by atoms with Crippen molar-refractivity contribution >= 4 is 27.5 Å². The number of likely N-dealkylation sites (N-methyl/N-ethyl adjacent to an activating group) is 1. The molecule has 1 aliphatic carbocycles. The van der Waals surface area contributed by atoms with Crippen LogP contribution >= 0.6 is 0 Å². The molecule has 2 N–H and O–H groups in total. The number of carbonyl (C=O) groups is 2. The van der Waals surface area contributed by atoms with Gasteiger partial charge in [-0.1, -0.05) is 26.2 Å². The SMILES string of the molecule is C[C@H](CO)N1C[C@H](C)[C@H](CN(C)S(=O)(=O)c2cn(C)cn2)OCCCC[C@H](C)Oc2ccc(NC(=O)C3CCCCC3)cc2C1=O. The third kappa shape index (κ3) is 9.08. The van der Waals surface area contributed by atoms with E-state index >= 15 is 0 Å². The molecule has 2 heterocycles. The van der Waals surface area contributed by atoms with E-state index < -0.39 is 22.2 Å². The summed E-state index contributed by atoms with van der Waals surface area (Å²) in [4.78, 5) is 33.0. The summed E-state index contributed by atoms with van der Waals surface area (Å²) in [7, 11) is -0.656. The van der Waals surface area contributed by atoms with Crippen LogP contribution in [0.4, 0.5) is 5.69 Å². The van der Waals surface area contributed by atoms with Crippen LogP contribution in [0.15, 0.2) is 35.7 Å². The summed E-state index contributed by atoms with van der Waals surface area (Å²) in [6.07, 6.45) is 9.40. The minimum atomic E-state index is -3.87. The molecule has 1 aromatic carbocycles. The molecule has 46 heavy (non-hydrogen) atoms. The van der Waals surface area contributed by atoms with Crippen LogP contribution in [0.1, 0.15) is 82.5 Å². The van der Waals surface area contributed by atoms with E-state index in [-0.39, 0.29) is 54.5 Å². The Morgan fingerprint density at radius 1 is 1.15 bits per heavy atom. The van der Waals surface area contributed by atoms with Gasteiger partial charge in [0.05, 0.1) is 36.7 Å². The zero-order valence-electron chi connectivity index (χ0n) is 27.9. The fraction of sp³-hybridized carbons (Fsp3) is 0.667. The van der Waals surface area contributed by atoms with Gasteiger partial charge in [-0.25, -0.2) is 13.4 Å². The number of aryl methyl sites for hydroxylation is 1. The molecule has 4 rings (SSSR count). The quantitative estimate of drug-likeness (QED) is 0.432.